The van der Waals surface area contributed by atoms with Gasteiger partial charge in [0.1, 0.15) is 18.3 Å². The van der Waals surface area contributed by atoms with Crippen LogP contribution in [0, 0.1) is 0 Å². The Hall–Kier alpha value is -3.27. The molecule has 0 bridgehead atoms. The van der Waals surface area contributed by atoms with Gasteiger partial charge in [0.25, 0.3) is 0 Å². The van der Waals surface area contributed by atoms with Crippen molar-refractivity contribution in [1.29, 1.82) is 0 Å². The summed E-state index contributed by atoms with van der Waals surface area (Å²) in [5.74, 6) is -0.541. The Morgan fingerprint density at radius 1 is 0.976 bits per heavy atom. The van der Waals surface area contributed by atoms with E-state index >= 15 is 0 Å². The van der Waals surface area contributed by atoms with Gasteiger partial charge < -0.3 is 15.0 Å². The third-order valence-electron chi connectivity index (χ3n) is 6.15. The van der Waals surface area contributed by atoms with Crippen LogP contribution in [0.25, 0.3) is 0 Å². The number of amides is 2. The SMILES string of the molecule is COc1cccc(N(CC(=O)N(Cc2ccc(Cl)cc2Cl)[C@H](Cc2ccccc2)C(=O)NC(C)(C)C)S(C)(=O)=O)c1. The Bertz CT molecular complexity index is 1480. The molecule has 11 heteroatoms. The molecule has 0 aliphatic carbocycles. The van der Waals surface area contributed by atoms with Gasteiger partial charge in [-0.05, 0) is 56.2 Å². The van der Waals surface area contributed by atoms with Crippen molar-refractivity contribution in [3.8, 4) is 5.75 Å². The molecule has 0 fully saturated rings. The number of hydrogen-bond donors (Lipinski definition) is 1. The number of ether oxygens (including phenoxy) is 1. The highest BCUT2D eigenvalue weighted by atomic mass is 35.5. The highest BCUT2D eigenvalue weighted by molar-refractivity contribution is 7.92. The lowest BCUT2D eigenvalue weighted by Gasteiger charge is -2.35. The van der Waals surface area contributed by atoms with Gasteiger partial charge in [0.15, 0.2) is 0 Å². The van der Waals surface area contributed by atoms with Gasteiger partial charge in [0.2, 0.25) is 21.8 Å². The molecule has 0 radical (unpaired) electrons. The molecule has 0 saturated carbocycles. The van der Waals surface area contributed by atoms with Crippen LogP contribution in [0.15, 0.2) is 72.8 Å². The van der Waals surface area contributed by atoms with Crippen LogP contribution in [0.2, 0.25) is 10.0 Å². The van der Waals surface area contributed by atoms with E-state index in [0.29, 0.717) is 21.4 Å². The summed E-state index contributed by atoms with van der Waals surface area (Å²) in [5, 5.41) is 3.72. The van der Waals surface area contributed by atoms with Crippen LogP contribution < -0.4 is 14.4 Å². The zero-order valence-corrected chi connectivity index (χ0v) is 26.1. The largest absolute Gasteiger partial charge is 0.497 e. The molecular weight excluding hydrogens is 585 g/mol. The summed E-state index contributed by atoms with van der Waals surface area (Å²) >= 11 is 12.6. The molecule has 2 amide bonds. The van der Waals surface area contributed by atoms with Crippen molar-refractivity contribution in [1.82, 2.24) is 10.2 Å². The van der Waals surface area contributed by atoms with Crippen molar-refractivity contribution in [2.75, 3.05) is 24.2 Å². The Balaban J connectivity index is 2.11. The number of nitrogens with zero attached hydrogens (tertiary/aromatic N) is 2. The summed E-state index contributed by atoms with van der Waals surface area (Å²) in [6.45, 7) is 4.94. The molecule has 3 aromatic carbocycles. The molecule has 0 aromatic heterocycles. The van der Waals surface area contributed by atoms with E-state index in [-0.39, 0.29) is 24.6 Å². The zero-order valence-electron chi connectivity index (χ0n) is 23.7. The number of halogens is 2. The average molecular weight is 621 g/mol. The molecule has 0 unspecified atom stereocenters. The first kappa shape index (κ1) is 32.2. The molecule has 220 valence electrons. The number of methoxy groups -OCH3 is 1. The number of anilines is 1. The summed E-state index contributed by atoms with van der Waals surface area (Å²) in [6, 6.07) is 19.6. The second kappa shape index (κ2) is 13.6. The topological polar surface area (TPSA) is 96.0 Å². The van der Waals surface area contributed by atoms with E-state index < -0.39 is 34.1 Å². The minimum atomic E-state index is -3.91. The lowest BCUT2D eigenvalue weighted by atomic mass is 10.0. The van der Waals surface area contributed by atoms with E-state index in [0.717, 1.165) is 16.1 Å². The first-order valence-corrected chi connectivity index (χ1v) is 15.5. The van der Waals surface area contributed by atoms with E-state index in [4.69, 9.17) is 27.9 Å². The van der Waals surface area contributed by atoms with E-state index in [1.807, 2.05) is 51.1 Å². The standard InChI is InChI=1S/C30H35Cl2N3O5S/c1-30(2,3)33-29(37)27(16-21-10-7-6-8-11-21)34(19-22-14-15-23(31)17-26(22)32)28(36)20-35(41(5,38)39)24-12-9-13-25(18-24)40-4/h6-15,17-18,27H,16,19-20H2,1-5H3,(H,33,37)/t27-/m1/s1. The first-order valence-electron chi connectivity index (χ1n) is 12.9. The molecule has 8 nitrogen and oxygen atoms in total. The molecule has 0 heterocycles. The van der Waals surface area contributed by atoms with Crippen LogP contribution in [-0.4, -0.2) is 56.6 Å². The third kappa shape index (κ3) is 9.38. The fourth-order valence-electron chi connectivity index (χ4n) is 4.22. The fourth-order valence-corrected chi connectivity index (χ4v) is 5.53. The minimum Gasteiger partial charge on any atom is -0.497 e. The summed E-state index contributed by atoms with van der Waals surface area (Å²) < 4.78 is 32.1. The second-order valence-corrected chi connectivity index (χ2v) is 13.4. The minimum absolute atomic E-state index is 0.0559. The monoisotopic (exact) mass is 619 g/mol. The maximum absolute atomic E-state index is 14.2. The van der Waals surface area contributed by atoms with E-state index in [2.05, 4.69) is 5.32 Å². The molecule has 0 aliphatic rings. The van der Waals surface area contributed by atoms with E-state index in [1.165, 1.54) is 18.1 Å². The smallest absolute Gasteiger partial charge is 0.244 e. The van der Waals surface area contributed by atoms with Crippen molar-refractivity contribution in [3.05, 3.63) is 94.0 Å². The molecule has 41 heavy (non-hydrogen) atoms. The molecule has 1 N–H and O–H groups in total. The van der Waals surface area contributed by atoms with Crippen molar-refractivity contribution in [3.63, 3.8) is 0 Å². The number of carbonyl (C=O) groups excluding carboxylic acids is 2. The quantitative estimate of drug-likeness (QED) is 0.313. The van der Waals surface area contributed by atoms with E-state index in [1.54, 1.807) is 36.4 Å². The Morgan fingerprint density at radius 3 is 2.24 bits per heavy atom. The average Bonchev–Trinajstić information content (AvgIpc) is 2.89. The van der Waals surface area contributed by atoms with Crippen LogP contribution in [-0.2, 0) is 32.6 Å². The van der Waals surface area contributed by atoms with Crippen molar-refractivity contribution in [2.24, 2.45) is 0 Å². The maximum atomic E-state index is 14.2. The van der Waals surface area contributed by atoms with Crippen LogP contribution in [0.3, 0.4) is 0 Å². The first-order chi connectivity index (χ1) is 19.2. The number of carbonyl (C=O) groups is 2. The normalized spacial score (nSPS) is 12.4. The lowest BCUT2D eigenvalue weighted by Crippen LogP contribution is -2.56. The summed E-state index contributed by atoms with van der Waals surface area (Å²) in [7, 11) is -2.44. The Labute approximate surface area is 252 Å². The number of nitrogens with one attached hydrogen (secondary N) is 1. The zero-order chi connectivity index (χ0) is 30.4. The summed E-state index contributed by atoms with van der Waals surface area (Å²) in [6.07, 6.45) is 1.21. The van der Waals surface area contributed by atoms with Gasteiger partial charge in [-0.3, -0.25) is 13.9 Å². The van der Waals surface area contributed by atoms with E-state index in [9.17, 15) is 18.0 Å². The maximum Gasteiger partial charge on any atom is 0.244 e. The predicted molar refractivity (Wildman–Crippen MR) is 164 cm³/mol. The number of hydrogen-bond acceptors (Lipinski definition) is 5. The van der Waals surface area contributed by atoms with Crippen LogP contribution in [0.1, 0.15) is 31.9 Å². The molecule has 0 spiro atoms. The molecule has 3 rings (SSSR count). The van der Waals surface area contributed by atoms with Crippen LogP contribution in [0.4, 0.5) is 5.69 Å². The van der Waals surface area contributed by atoms with Gasteiger partial charge in [-0.2, -0.15) is 0 Å². The summed E-state index contributed by atoms with van der Waals surface area (Å²) in [5.41, 5.74) is 1.05. The van der Waals surface area contributed by atoms with Crippen LogP contribution in [0.5, 0.6) is 5.75 Å². The number of benzene rings is 3. The molecule has 3 aromatic rings. The van der Waals surface area contributed by atoms with Gasteiger partial charge >= 0.3 is 0 Å². The van der Waals surface area contributed by atoms with Crippen molar-refractivity contribution in [2.45, 2.75) is 45.3 Å². The Morgan fingerprint density at radius 2 is 1.66 bits per heavy atom. The van der Waals surface area contributed by atoms with Crippen LogP contribution >= 0.6 is 23.2 Å². The van der Waals surface area contributed by atoms with Gasteiger partial charge in [-0.25, -0.2) is 8.42 Å². The fraction of sp³-hybridized carbons (Fsp3) is 0.333. The van der Waals surface area contributed by atoms with Crippen molar-refractivity contribution < 1.29 is 22.7 Å². The molecular formula is C30H35Cl2N3O5S. The third-order valence-corrected chi connectivity index (χ3v) is 7.87. The van der Waals surface area contributed by atoms with Gasteiger partial charge in [-0.15, -0.1) is 0 Å². The van der Waals surface area contributed by atoms with Gasteiger partial charge in [-0.1, -0.05) is 65.7 Å². The van der Waals surface area contributed by atoms with Gasteiger partial charge in [0, 0.05) is 34.6 Å². The number of rotatable bonds is 11. The highest BCUT2D eigenvalue weighted by Crippen LogP contribution is 2.26. The second-order valence-electron chi connectivity index (χ2n) is 10.7. The highest BCUT2D eigenvalue weighted by Gasteiger charge is 2.34. The molecule has 0 saturated heterocycles. The number of sulfonamides is 1. The predicted octanol–water partition coefficient (Wildman–Crippen LogP) is 5.32. The van der Waals surface area contributed by atoms with Crippen molar-refractivity contribution >= 4 is 50.7 Å². The lowest BCUT2D eigenvalue weighted by molar-refractivity contribution is -0.140. The molecule has 1 atom stereocenters. The molecule has 0 aliphatic heterocycles. The Kier molecular flexibility index (Phi) is 10.7. The van der Waals surface area contributed by atoms with Gasteiger partial charge in [0.05, 0.1) is 19.1 Å². The summed E-state index contributed by atoms with van der Waals surface area (Å²) in [4.78, 5) is 29.3.